The Labute approximate surface area is 232 Å². The molecule has 1 aliphatic rings. The van der Waals surface area contributed by atoms with Crippen molar-refractivity contribution in [1.82, 2.24) is 4.57 Å². The first-order valence-electron chi connectivity index (χ1n) is 14.3. The monoisotopic (exact) mass is 509 g/mol. The summed E-state index contributed by atoms with van der Waals surface area (Å²) in [6.45, 7) is 2.36. The molecule has 0 N–H and O–H groups in total. The molecule has 1 atom stereocenters. The Balaban J connectivity index is 1.52. The standard InChI is InChI=1S/C39H27N/c1-24-11-10-19-34-30-15-8-9-20-36(30)40(39(24)34)25-21-22-29-28-14-4-6-17-32(28)37-31-16-5-2-12-26(31)27-13-3-7-18-33(27)38(37)35(29)23-25/h2-10,12-24H,11H2,1H3. The summed E-state index contributed by atoms with van der Waals surface area (Å²) < 4.78 is 2.53. The van der Waals surface area contributed by atoms with E-state index in [1.807, 2.05) is 0 Å². The lowest BCUT2D eigenvalue weighted by atomic mass is 9.87. The zero-order chi connectivity index (χ0) is 26.4. The number of benzene rings is 7. The van der Waals surface area contributed by atoms with E-state index in [9.17, 15) is 0 Å². The molecule has 1 aromatic heterocycles. The van der Waals surface area contributed by atoms with Gasteiger partial charge in [-0.2, -0.15) is 0 Å². The third-order valence-corrected chi connectivity index (χ3v) is 9.14. The average molecular weight is 510 g/mol. The molecule has 0 radical (unpaired) electrons. The second-order valence-electron chi connectivity index (χ2n) is 11.3. The minimum absolute atomic E-state index is 0.459. The Hall–Kier alpha value is -4.88. The smallest absolute Gasteiger partial charge is 0.0537 e. The van der Waals surface area contributed by atoms with Crippen molar-refractivity contribution in [3.05, 3.63) is 133 Å². The van der Waals surface area contributed by atoms with E-state index in [1.165, 1.54) is 81.7 Å². The van der Waals surface area contributed by atoms with Gasteiger partial charge in [-0.05, 0) is 78.5 Å². The molecule has 0 saturated heterocycles. The van der Waals surface area contributed by atoms with Crippen molar-refractivity contribution in [2.75, 3.05) is 0 Å². The van der Waals surface area contributed by atoms with E-state index in [0.29, 0.717) is 5.92 Å². The summed E-state index contributed by atoms with van der Waals surface area (Å²) in [6, 6.07) is 42.9. The van der Waals surface area contributed by atoms with E-state index in [0.717, 1.165) is 6.42 Å². The summed E-state index contributed by atoms with van der Waals surface area (Å²) in [5, 5.41) is 14.6. The number of rotatable bonds is 1. The van der Waals surface area contributed by atoms with Crippen molar-refractivity contribution in [2.45, 2.75) is 19.3 Å². The number of allylic oxidation sites excluding steroid dienone is 1. The van der Waals surface area contributed by atoms with Gasteiger partial charge in [0, 0.05) is 28.2 Å². The molecule has 0 bridgehead atoms. The highest BCUT2D eigenvalue weighted by molar-refractivity contribution is 6.39. The second kappa shape index (κ2) is 8.07. The van der Waals surface area contributed by atoms with Gasteiger partial charge in [0.25, 0.3) is 0 Å². The van der Waals surface area contributed by atoms with Crippen molar-refractivity contribution in [2.24, 2.45) is 0 Å². The topological polar surface area (TPSA) is 4.93 Å². The van der Waals surface area contributed by atoms with Crippen LogP contribution in [0.3, 0.4) is 0 Å². The minimum atomic E-state index is 0.459. The maximum Gasteiger partial charge on any atom is 0.0537 e. The first-order chi connectivity index (χ1) is 19.8. The van der Waals surface area contributed by atoms with Gasteiger partial charge in [0.15, 0.2) is 0 Å². The van der Waals surface area contributed by atoms with E-state index >= 15 is 0 Å². The summed E-state index contributed by atoms with van der Waals surface area (Å²) in [7, 11) is 0. The summed E-state index contributed by atoms with van der Waals surface area (Å²) in [5.41, 5.74) is 5.31. The van der Waals surface area contributed by atoms with Crippen LogP contribution in [0.5, 0.6) is 0 Å². The number of para-hydroxylation sites is 1. The number of hydrogen-bond acceptors (Lipinski definition) is 0. The fraction of sp³-hybridized carbons (Fsp3) is 0.0769. The molecule has 1 nitrogen and oxygen atoms in total. The van der Waals surface area contributed by atoms with Crippen LogP contribution >= 0.6 is 0 Å². The molecule has 9 rings (SSSR count). The highest BCUT2D eigenvalue weighted by atomic mass is 15.0. The minimum Gasteiger partial charge on any atom is -0.313 e. The van der Waals surface area contributed by atoms with Gasteiger partial charge in [0.1, 0.15) is 0 Å². The largest absolute Gasteiger partial charge is 0.313 e. The zero-order valence-electron chi connectivity index (χ0n) is 22.4. The SMILES string of the molecule is CC1CC=Cc2c1n(-c1ccc3c4ccccc4c4c5ccccc5c5ccccc5c4c3c1)c1ccccc21. The Morgan fingerprint density at radius 2 is 1.02 bits per heavy atom. The zero-order valence-corrected chi connectivity index (χ0v) is 22.4. The van der Waals surface area contributed by atoms with Gasteiger partial charge in [-0.15, -0.1) is 0 Å². The molecule has 0 aliphatic heterocycles. The van der Waals surface area contributed by atoms with Crippen LogP contribution < -0.4 is 0 Å². The van der Waals surface area contributed by atoms with Crippen LogP contribution in [0.25, 0.3) is 76.5 Å². The van der Waals surface area contributed by atoms with Crippen LogP contribution in [0.1, 0.15) is 30.5 Å². The molecule has 1 heterocycles. The maximum absolute atomic E-state index is 2.53. The molecule has 0 amide bonds. The molecule has 0 saturated carbocycles. The lowest BCUT2D eigenvalue weighted by Gasteiger charge is -2.21. The van der Waals surface area contributed by atoms with Crippen molar-refractivity contribution in [3.63, 3.8) is 0 Å². The summed E-state index contributed by atoms with van der Waals surface area (Å²) in [5.74, 6) is 0.459. The molecular weight excluding hydrogens is 482 g/mol. The summed E-state index contributed by atoms with van der Waals surface area (Å²) in [6.07, 6.45) is 5.74. The molecule has 1 aliphatic carbocycles. The van der Waals surface area contributed by atoms with E-state index in [-0.39, 0.29) is 0 Å². The Bertz CT molecular complexity index is 2350. The number of hydrogen-bond donors (Lipinski definition) is 0. The van der Waals surface area contributed by atoms with Gasteiger partial charge in [-0.3, -0.25) is 0 Å². The van der Waals surface area contributed by atoms with Crippen LogP contribution in [-0.2, 0) is 0 Å². The van der Waals surface area contributed by atoms with Gasteiger partial charge in [0.2, 0.25) is 0 Å². The van der Waals surface area contributed by atoms with Crippen LogP contribution in [0, 0.1) is 0 Å². The molecular formula is C39H27N. The molecule has 1 unspecified atom stereocenters. The van der Waals surface area contributed by atoms with Gasteiger partial charge >= 0.3 is 0 Å². The number of aromatic nitrogens is 1. The molecule has 8 aromatic rings. The molecule has 7 aromatic carbocycles. The summed E-state index contributed by atoms with van der Waals surface area (Å²) >= 11 is 0. The fourth-order valence-electron chi connectivity index (χ4n) is 7.48. The fourth-order valence-corrected chi connectivity index (χ4v) is 7.48. The molecule has 40 heavy (non-hydrogen) atoms. The van der Waals surface area contributed by atoms with E-state index in [2.05, 4.69) is 139 Å². The first kappa shape index (κ1) is 22.0. The van der Waals surface area contributed by atoms with Crippen molar-refractivity contribution >= 4 is 70.8 Å². The van der Waals surface area contributed by atoms with Gasteiger partial charge in [-0.1, -0.05) is 116 Å². The Morgan fingerprint density at radius 3 is 1.65 bits per heavy atom. The molecule has 0 fully saturated rings. The third kappa shape index (κ3) is 2.82. The Kier molecular flexibility index (Phi) is 4.43. The first-order valence-corrected chi connectivity index (χ1v) is 14.3. The van der Waals surface area contributed by atoms with Gasteiger partial charge in [-0.25, -0.2) is 0 Å². The van der Waals surface area contributed by atoms with Gasteiger partial charge < -0.3 is 4.57 Å². The molecule has 1 heteroatoms. The van der Waals surface area contributed by atoms with Crippen LogP contribution in [-0.4, -0.2) is 4.57 Å². The maximum atomic E-state index is 2.53. The lowest BCUT2D eigenvalue weighted by Crippen LogP contribution is -2.07. The normalized spacial score (nSPS) is 15.2. The van der Waals surface area contributed by atoms with Crippen molar-refractivity contribution in [1.29, 1.82) is 0 Å². The average Bonchev–Trinajstić information content (AvgIpc) is 3.36. The number of nitrogens with zero attached hydrogens (tertiary/aromatic N) is 1. The predicted molar refractivity (Wildman–Crippen MR) is 173 cm³/mol. The van der Waals surface area contributed by atoms with Crippen molar-refractivity contribution in [3.8, 4) is 5.69 Å². The van der Waals surface area contributed by atoms with Crippen molar-refractivity contribution < 1.29 is 0 Å². The second-order valence-corrected chi connectivity index (χ2v) is 11.3. The Morgan fingerprint density at radius 1 is 0.525 bits per heavy atom. The van der Waals surface area contributed by atoms with Crippen LogP contribution in [0.4, 0.5) is 0 Å². The lowest BCUT2D eigenvalue weighted by molar-refractivity contribution is 0.724. The third-order valence-electron chi connectivity index (χ3n) is 9.14. The highest BCUT2D eigenvalue weighted by Gasteiger charge is 2.24. The molecule has 0 spiro atoms. The summed E-state index contributed by atoms with van der Waals surface area (Å²) in [4.78, 5) is 0. The van der Waals surface area contributed by atoms with E-state index < -0.39 is 0 Å². The highest BCUT2D eigenvalue weighted by Crippen LogP contribution is 2.45. The quantitative estimate of drug-likeness (QED) is 0.194. The predicted octanol–water partition coefficient (Wildman–Crippen LogP) is 10.9. The van der Waals surface area contributed by atoms with E-state index in [1.54, 1.807) is 0 Å². The van der Waals surface area contributed by atoms with Gasteiger partial charge in [0.05, 0.1) is 5.52 Å². The number of fused-ring (bicyclic) bond motifs is 14. The van der Waals surface area contributed by atoms with Crippen LogP contribution in [0.15, 0.2) is 121 Å². The van der Waals surface area contributed by atoms with E-state index in [4.69, 9.17) is 0 Å². The van der Waals surface area contributed by atoms with Crippen LogP contribution in [0.2, 0.25) is 0 Å². The molecule has 188 valence electrons.